The molecule has 2 aromatic rings. The summed E-state index contributed by atoms with van der Waals surface area (Å²) >= 11 is 0. The van der Waals surface area contributed by atoms with Crippen molar-refractivity contribution >= 4 is 11.5 Å². The molecular weight excluding hydrogens is 330 g/mol. The van der Waals surface area contributed by atoms with Crippen LogP contribution in [0.15, 0.2) is 48.5 Å². The number of ketones is 1. The van der Waals surface area contributed by atoms with Crippen LogP contribution in [0.2, 0.25) is 0 Å². The van der Waals surface area contributed by atoms with Crippen LogP contribution < -0.4 is 4.74 Å². The number of ether oxygens (including phenoxy) is 2. The fraction of sp³-hybridized carbons (Fsp3) is 0.235. The number of nitrogens with zero attached hydrogens (tertiary/aromatic N) is 1. The van der Waals surface area contributed by atoms with Crippen molar-refractivity contribution in [3.8, 4) is 11.5 Å². The lowest BCUT2D eigenvalue weighted by Gasteiger charge is -2.12. The average Bonchev–Trinajstić information content (AvgIpc) is 2.60. The molecular formula is C17H17NO7. The van der Waals surface area contributed by atoms with Gasteiger partial charge in [0.25, 0.3) is 5.69 Å². The summed E-state index contributed by atoms with van der Waals surface area (Å²) in [5.41, 5.74) is 0.197. The summed E-state index contributed by atoms with van der Waals surface area (Å²) < 4.78 is 10.4. The van der Waals surface area contributed by atoms with Crippen molar-refractivity contribution in [1.82, 2.24) is 0 Å². The zero-order valence-corrected chi connectivity index (χ0v) is 13.2. The molecule has 2 aromatic carbocycles. The van der Waals surface area contributed by atoms with Crippen LogP contribution in [0, 0.1) is 10.1 Å². The van der Waals surface area contributed by atoms with Crippen molar-refractivity contribution in [3.05, 3.63) is 64.2 Å². The number of hydrogen-bond acceptors (Lipinski definition) is 7. The molecule has 0 radical (unpaired) electrons. The van der Waals surface area contributed by atoms with Crippen molar-refractivity contribution in [2.24, 2.45) is 0 Å². The van der Waals surface area contributed by atoms with Crippen molar-refractivity contribution in [3.63, 3.8) is 0 Å². The van der Waals surface area contributed by atoms with Crippen LogP contribution in [0.5, 0.6) is 11.5 Å². The monoisotopic (exact) mass is 347 g/mol. The van der Waals surface area contributed by atoms with Gasteiger partial charge in [-0.05, 0) is 18.2 Å². The summed E-state index contributed by atoms with van der Waals surface area (Å²) in [6.07, 6.45) is -1.00. The average molecular weight is 347 g/mol. The van der Waals surface area contributed by atoms with Crippen LogP contribution in [0.25, 0.3) is 0 Å². The van der Waals surface area contributed by atoms with Gasteiger partial charge in [0.05, 0.1) is 17.6 Å². The molecule has 0 fully saturated rings. The molecule has 1 unspecified atom stereocenters. The topological polar surface area (TPSA) is 119 Å². The predicted octanol–water partition coefficient (Wildman–Crippen LogP) is 1.94. The Morgan fingerprint density at radius 2 is 1.92 bits per heavy atom. The van der Waals surface area contributed by atoms with Crippen LogP contribution >= 0.6 is 0 Å². The molecule has 8 heteroatoms. The molecule has 2 rings (SSSR count). The smallest absolute Gasteiger partial charge is 0.273 e. The molecule has 0 amide bonds. The molecule has 8 nitrogen and oxygen atoms in total. The van der Waals surface area contributed by atoms with E-state index < -0.39 is 11.0 Å². The Bertz CT molecular complexity index is 747. The predicted molar refractivity (Wildman–Crippen MR) is 87.9 cm³/mol. The number of aliphatic hydroxyl groups is 1. The Morgan fingerprint density at radius 1 is 1.16 bits per heavy atom. The number of nitro groups is 1. The number of benzene rings is 2. The second-order valence-corrected chi connectivity index (χ2v) is 5.21. The van der Waals surface area contributed by atoms with Gasteiger partial charge in [-0.25, -0.2) is 0 Å². The quantitative estimate of drug-likeness (QED) is 0.404. The number of hydrogen-bond donors (Lipinski definition) is 2. The van der Waals surface area contributed by atoms with E-state index in [0.29, 0.717) is 5.56 Å². The molecule has 0 saturated heterocycles. The number of carbonyl (C=O) groups excluding carboxylic acids is 1. The largest absolute Gasteiger partial charge is 0.508 e. The minimum Gasteiger partial charge on any atom is -0.508 e. The van der Waals surface area contributed by atoms with Crippen LogP contribution in [0.1, 0.15) is 10.4 Å². The highest BCUT2D eigenvalue weighted by Crippen LogP contribution is 2.19. The van der Waals surface area contributed by atoms with Gasteiger partial charge in [-0.15, -0.1) is 0 Å². The second-order valence-electron chi connectivity index (χ2n) is 5.21. The molecule has 132 valence electrons. The fourth-order valence-corrected chi connectivity index (χ4v) is 1.98. The first-order chi connectivity index (χ1) is 12.0. The number of aliphatic hydroxyl groups excluding tert-OH is 1. The molecule has 0 aromatic heterocycles. The van der Waals surface area contributed by atoms with Gasteiger partial charge in [0.15, 0.2) is 5.78 Å². The third-order valence-electron chi connectivity index (χ3n) is 3.18. The molecule has 0 spiro atoms. The van der Waals surface area contributed by atoms with E-state index in [4.69, 9.17) is 9.47 Å². The summed E-state index contributed by atoms with van der Waals surface area (Å²) in [7, 11) is 0. The molecule has 0 saturated carbocycles. The maximum atomic E-state index is 11.8. The first-order valence-electron chi connectivity index (χ1n) is 7.41. The molecule has 0 bridgehead atoms. The SMILES string of the molecule is O=C(COCC(O)COc1cccc([N+](=O)[O-])c1)c1cccc(O)c1. The van der Waals surface area contributed by atoms with E-state index in [0.717, 1.165) is 0 Å². The minimum atomic E-state index is -1.00. The number of non-ortho nitro benzene ring substituents is 1. The van der Waals surface area contributed by atoms with E-state index in [-0.39, 0.29) is 42.8 Å². The standard InChI is InChI=1S/C17H17NO7/c19-14-5-1-3-12(7-14)17(21)11-24-9-15(20)10-25-16-6-2-4-13(8-16)18(22)23/h1-8,15,19-20H,9-11H2. The zero-order valence-electron chi connectivity index (χ0n) is 13.2. The van der Waals surface area contributed by atoms with E-state index >= 15 is 0 Å². The van der Waals surface area contributed by atoms with Crippen LogP contribution in [-0.2, 0) is 4.74 Å². The third-order valence-corrected chi connectivity index (χ3v) is 3.18. The Balaban J connectivity index is 1.74. The van der Waals surface area contributed by atoms with Gasteiger partial charge in [0, 0.05) is 11.6 Å². The summed E-state index contributed by atoms with van der Waals surface area (Å²) in [5, 5.41) is 29.8. The molecule has 0 heterocycles. The van der Waals surface area contributed by atoms with Crippen molar-refractivity contribution in [2.75, 3.05) is 19.8 Å². The number of aromatic hydroxyl groups is 1. The van der Waals surface area contributed by atoms with Crippen molar-refractivity contribution in [2.45, 2.75) is 6.10 Å². The van der Waals surface area contributed by atoms with E-state index in [1.807, 2.05) is 0 Å². The highest BCUT2D eigenvalue weighted by molar-refractivity contribution is 5.97. The highest BCUT2D eigenvalue weighted by Gasteiger charge is 2.11. The van der Waals surface area contributed by atoms with Gasteiger partial charge in [0.1, 0.15) is 30.8 Å². The number of carbonyl (C=O) groups is 1. The highest BCUT2D eigenvalue weighted by atomic mass is 16.6. The minimum absolute atomic E-state index is 0.0174. The lowest BCUT2D eigenvalue weighted by atomic mass is 10.1. The second kappa shape index (κ2) is 8.76. The molecule has 0 aliphatic carbocycles. The van der Waals surface area contributed by atoms with E-state index in [9.17, 15) is 25.1 Å². The molecule has 0 aliphatic rings. The maximum absolute atomic E-state index is 11.8. The Hall–Kier alpha value is -2.97. The molecule has 0 aliphatic heterocycles. The number of nitro benzene ring substituents is 1. The van der Waals surface area contributed by atoms with E-state index in [1.54, 1.807) is 12.1 Å². The lowest BCUT2D eigenvalue weighted by molar-refractivity contribution is -0.384. The van der Waals surface area contributed by atoms with Gasteiger partial charge in [-0.1, -0.05) is 18.2 Å². The Kier molecular flexibility index (Phi) is 6.44. The first-order valence-corrected chi connectivity index (χ1v) is 7.41. The van der Waals surface area contributed by atoms with Gasteiger partial charge in [-0.2, -0.15) is 0 Å². The summed E-state index contributed by atoms with van der Waals surface area (Å²) in [6, 6.07) is 11.5. The fourth-order valence-electron chi connectivity index (χ4n) is 1.98. The Morgan fingerprint density at radius 3 is 2.64 bits per heavy atom. The zero-order chi connectivity index (χ0) is 18.2. The van der Waals surface area contributed by atoms with Crippen molar-refractivity contribution < 1.29 is 29.4 Å². The normalized spacial score (nSPS) is 11.7. The lowest BCUT2D eigenvalue weighted by Crippen LogP contribution is -2.25. The van der Waals surface area contributed by atoms with Gasteiger partial charge < -0.3 is 19.7 Å². The number of rotatable bonds is 9. The van der Waals surface area contributed by atoms with Crippen LogP contribution in [0.3, 0.4) is 0 Å². The summed E-state index contributed by atoms with van der Waals surface area (Å²) in [4.78, 5) is 22.0. The summed E-state index contributed by atoms with van der Waals surface area (Å²) in [6.45, 7) is -0.529. The molecule has 2 N–H and O–H groups in total. The van der Waals surface area contributed by atoms with Crippen LogP contribution in [-0.4, -0.2) is 46.8 Å². The number of phenolic OH excluding ortho intramolecular Hbond substituents is 1. The molecule has 1 atom stereocenters. The van der Waals surface area contributed by atoms with Gasteiger partial charge in [-0.3, -0.25) is 14.9 Å². The third kappa shape index (κ3) is 5.87. The van der Waals surface area contributed by atoms with Gasteiger partial charge in [0.2, 0.25) is 0 Å². The van der Waals surface area contributed by atoms with Crippen LogP contribution in [0.4, 0.5) is 5.69 Å². The first kappa shape index (κ1) is 18.4. The molecule has 25 heavy (non-hydrogen) atoms. The number of phenols is 1. The maximum Gasteiger partial charge on any atom is 0.273 e. The Labute approximate surface area is 143 Å². The van der Waals surface area contributed by atoms with Gasteiger partial charge >= 0.3 is 0 Å². The van der Waals surface area contributed by atoms with E-state index in [2.05, 4.69) is 0 Å². The summed E-state index contributed by atoms with van der Waals surface area (Å²) in [5.74, 6) is -0.0944. The van der Waals surface area contributed by atoms with E-state index in [1.165, 1.54) is 36.4 Å². The number of Topliss-reactive ketones (excluding diaryl/α,β-unsaturated/α-hetero) is 1. The van der Waals surface area contributed by atoms with Crippen molar-refractivity contribution in [1.29, 1.82) is 0 Å².